The summed E-state index contributed by atoms with van der Waals surface area (Å²) in [5.74, 6) is 2.20. The van der Waals surface area contributed by atoms with Gasteiger partial charge in [-0.3, -0.25) is 4.79 Å². The van der Waals surface area contributed by atoms with Crippen molar-refractivity contribution in [2.45, 2.75) is 25.7 Å². The molecule has 0 N–H and O–H groups in total. The topological polar surface area (TPSA) is 59.0 Å². The number of hydrogen-bond acceptors (Lipinski definition) is 4. The number of nitrogens with zero attached hydrogens (tertiary/aromatic N) is 4. The standard InChI is InChI=1S/C28H28N4O/c1-20-29-14-8-3-9-15-30-27(31-20)28(33)32-18-23-16-22(17-24(23)19-32)26-13-7-6-12-25(26)21-10-4-2-5-11-21/h2-15,22-24H,16-19H2,1H3/t22-,23-,24+. The highest BCUT2D eigenvalue weighted by Crippen LogP contribution is 2.48. The number of aromatic nitrogens is 3. The highest BCUT2D eigenvalue weighted by molar-refractivity contribution is 5.90. The van der Waals surface area contributed by atoms with E-state index in [1.165, 1.54) is 16.7 Å². The molecule has 0 radical (unpaired) electrons. The number of hydrogen-bond donors (Lipinski definition) is 0. The van der Waals surface area contributed by atoms with Gasteiger partial charge in [0.05, 0.1) is 0 Å². The van der Waals surface area contributed by atoms with E-state index in [1.54, 1.807) is 25.4 Å². The highest BCUT2D eigenvalue weighted by atomic mass is 16.2. The molecule has 1 saturated carbocycles. The number of benzene rings is 2. The lowest BCUT2D eigenvalue weighted by Crippen LogP contribution is -2.31. The van der Waals surface area contributed by atoms with Crippen LogP contribution in [0.1, 0.15) is 40.8 Å². The molecule has 3 aromatic rings. The van der Waals surface area contributed by atoms with Crippen molar-refractivity contribution in [2.24, 2.45) is 11.8 Å². The second-order valence-electron chi connectivity index (χ2n) is 8.97. The van der Waals surface area contributed by atoms with E-state index in [2.05, 4.69) is 69.5 Å². The molecule has 33 heavy (non-hydrogen) atoms. The van der Waals surface area contributed by atoms with Gasteiger partial charge in [0.2, 0.25) is 5.82 Å². The monoisotopic (exact) mass is 436 g/mol. The van der Waals surface area contributed by atoms with Crippen LogP contribution in [0.4, 0.5) is 0 Å². The molecule has 3 atom stereocenters. The van der Waals surface area contributed by atoms with E-state index in [0.29, 0.717) is 23.6 Å². The molecule has 0 unspecified atom stereocenters. The first-order chi connectivity index (χ1) is 16.2. The summed E-state index contributed by atoms with van der Waals surface area (Å²) in [7, 11) is 0. The smallest absolute Gasteiger partial charge is 0.291 e. The van der Waals surface area contributed by atoms with Gasteiger partial charge in [-0.25, -0.2) is 15.0 Å². The van der Waals surface area contributed by atoms with Crippen LogP contribution in [0.3, 0.4) is 0 Å². The fourth-order valence-electron chi connectivity index (χ4n) is 5.34. The van der Waals surface area contributed by atoms with Crippen molar-refractivity contribution in [1.29, 1.82) is 0 Å². The van der Waals surface area contributed by atoms with E-state index >= 15 is 0 Å². The minimum Gasteiger partial charge on any atom is -0.335 e. The van der Waals surface area contributed by atoms with Gasteiger partial charge in [0.25, 0.3) is 5.91 Å². The molecular weight excluding hydrogens is 408 g/mol. The SMILES string of the molecule is Cc1ncccccnc(C(=O)N2C[C@H]3C[C@@H](c4ccccc4-c4ccccc4)C[C@H]3C2)n1. The van der Waals surface area contributed by atoms with Crippen LogP contribution in [0.25, 0.3) is 11.1 Å². The summed E-state index contributed by atoms with van der Waals surface area (Å²) < 4.78 is 0. The first kappa shape index (κ1) is 21.3. The Bertz CT molecular complexity index is 1180. The second-order valence-corrected chi connectivity index (χ2v) is 8.97. The molecule has 166 valence electrons. The van der Waals surface area contributed by atoms with Crippen LogP contribution in [0, 0.1) is 18.8 Å². The van der Waals surface area contributed by atoms with Gasteiger partial charge in [0.15, 0.2) is 0 Å². The molecule has 2 aromatic carbocycles. The van der Waals surface area contributed by atoms with Gasteiger partial charge in [-0.15, -0.1) is 0 Å². The summed E-state index contributed by atoms with van der Waals surface area (Å²) in [5, 5.41) is 0. The fraction of sp³-hybridized carbons (Fsp3) is 0.286. The number of carbonyl (C=O) groups is 1. The van der Waals surface area contributed by atoms with Crippen LogP contribution in [-0.4, -0.2) is 38.8 Å². The van der Waals surface area contributed by atoms with Gasteiger partial charge in [-0.2, -0.15) is 0 Å². The molecular formula is C28H28N4O. The van der Waals surface area contributed by atoms with Crippen molar-refractivity contribution >= 4 is 5.91 Å². The molecule has 1 aliphatic carbocycles. The van der Waals surface area contributed by atoms with Gasteiger partial charge >= 0.3 is 0 Å². The van der Waals surface area contributed by atoms with E-state index in [1.807, 2.05) is 17.0 Å². The molecule has 1 saturated heterocycles. The molecule has 5 heteroatoms. The summed E-state index contributed by atoms with van der Waals surface area (Å²) >= 11 is 0. The third kappa shape index (κ3) is 4.63. The first-order valence-corrected chi connectivity index (χ1v) is 11.6. The van der Waals surface area contributed by atoms with E-state index in [9.17, 15) is 4.79 Å². The Hall–Kier alpha value is -3.60. The van der Waals surface area contributed by atoms with Gasteiger partial charge in [-0.1, -0.05) is 60.7 Å². The van der Waals surface area contributed by atoms with E-state index in [4.69, 9.17) is 0 Å². The molecule has 2 fully saturated rings. The molecule has 1 aliphatic heterocycles. The normalized spacial score (nSPS) is 21.4. The van der Waals surface area contributed by atoms with Crippen molar-refractivity contribution in [3.63, 3.8) is 0 Å². The predicted molar refractivity (Wildman–Crippen MR) is 129 cm³/mol. The summed E-state index contributed by atoms with van der Waals surface area (Å²) in [4.78, 5) is 28.1. The Morgan fingerprint density at radius 3 is 2.21 bits per heavy atom. The summed E-state index contributed by atoms with van der Waals surface area (Å²) in [6.07, 6.45) is 5.52. The number of amides is 1. The van der Waals surface area contributed by atoms with Gasteiger partial charge in [0.1, 0.15) is 5.82 Å². The molecule has 1 amide bonds. The zero-order valence-corrected chi connectivity index (χ0v) is 18.8. The lowest BCUT2D eigenvalue weighted by Gasteiger charge is -2.20. The van der Waals surface area contributed by atoms with Gasteiger partial charge in [0, 0.05) is 25.5 Å². The van der Waals surface area contributed by atoms with Crippen molar-refractivity contribution < 1.29 is 4.79 Å². The molecule has 5 nitrogen and oxygen atoms in total. The third-order valence-corrected chi connectivity index (χ3v) is 6.84. The van der Waals surface area contributed by atoms with Crippen LogP contribution in [-0.2, 0) is 0 Å². The Balaban J connectivity index is 1.33. The number of carbonyl (C=O) groups excluding carboxylic acids is 1. The summed E-state index contributed by atoms with van der Waals surface area (Å²) in [6, 6.07) is 24.8. The average molecular weight is 437 g/mol. The number of rotatable bonds is 3. The lowest BCUT2D eigenvalue weighted by molar-refractivity contribution is 0.0767. The zero-order chi connectivity index (χ0) is 22.6. The molecule has 5 rings (SSSR count). The molecule has 0 bridgehead atoms. The summed E-state index contributed by atoms with van der Waals surface area (Å²) in [6.45, 7) is 3.33. The number of aryl methyl sites for hydroxylation is 1. The van der Waals surface area contributed by atoms with Crippen LogP contribution in [0.15, 0.2) is 85.2 Å². The molecule has 2 aliphatic rings. The Morgan fingerprint density at radius 2 is 1.45 bits per heavy atom. The van der Waals surface area contributed by atoms with Crippen molar-refractivity contribution in [1.82, 2.24) is 19.9 Å². The number of likely N-dealkylation sites (tertiary alicyclic amines) is 1. The second kappa shape index (κ2) is 9.49. The average Bonchev–Trinajstić information content (AvgIpc) is 3.43. The molecule has 1 aromatic heterocycles. The Kier molecular flexibility index (Phi) is 6.11. The lowest BCUT2D eigenvalue weighted by atomic mass is 9.88. The van der Waals surface area contributed by atoms with E-state index in [0.717, 1.165) is 25.9 Å². The third-order valence-electron chi connectivity index (χ3n) is 6.84. The Labute approximate surface area is 194 Å². The Morgan fingerprint density at radius 1 is 0.818 bits per heavy atom. The van der Waals surface area contributed by atoms with Crippen LogP contribution in [0.5, 0.6) is 0 Å². The van der Waals surface area contributed by atoms with Crippen LogP contribution in [0.2, 0.25) is 0 Å². The summed E-state index contributed by atoms with van der Waals surface area (Å²) in [5.41, 5.74) is 4.04. The zero-order valence-electron chi connectivity index (χ0n) is 18.8. The maximum atomic E-state index is 13.2. The minimum absolute atomic E-state index is 0.102. The van der Waals surface area contributed by atoms with Crippen molar-refractivity contribution in [3.05, 3.63) is 102 Å². The van der Waals surface area contributed by atoms with E-state index in [-0.39, 0.29) is 11.7 Å². The van der Waals surface area contributed by atoms with Crippen LogP contribution >= 0.6 is 0 Å². The van der Waals surface area contributed by atoms with Gasteiger partial charge in [-0.05, 0) is 66.3 Å². The fourth-order valence-corrected chi connectivity index (χ4v) is 5.34. The van der Waals surface area contributed by atoms with E-state index < -0.39 is 0 Å². The van der Waals surface area contributed by atoms with Gasteiger partial charge < -0.3 is 4.90 Å². The van der Waals surface area contributed by atoms with Crippen molar-refractivity contribution in [2.75, 3.05) is 13.1 Å². The quantitative estimate of drug-likeness (QED) is 0.564. The predicted octanol–water partition coefficient (Wildman–Crippen LogP) is 5.24. The maximum Gasteiger partial charge on any atom is 0.291 e. The minimum atomic E-state index is -0.102. The molecule has 2 heterocycles. The number of fused-ring (bicyclic) bond motifs is 1. The maximum absolute atomic E-state index is 13.2. The molecule has 0 spiro atoms. The first-order valence-electron chi connectivity index (χ1n) is 11.6. The van der Waals surface area contributed by atoms with Crippen molar-refractivity contribution in [3.8, 4) is 11.1 Å². The highest BCUT2D eigenvalue weighted by Gasteiger charge is 2.43. The van der Waals surface area contributed by atoms with Crippen LogP contribution < -0.4 is 0 Å². The largest absolute Gasteiger partial charge is 0.335 e.